The topological polar surface area (TPSA) is 82.4 Å². The van der Waals surface area contributed by atoms with Crippen molar-refractivity contribution in [1.29, 1.82) is 0 Å². The Morgan fingerprint density at radius 2 is 1.96 bits per heavy atom. The van der Waals surface area contributed by atoms with E-state index in [0.29, 0.717) is 23.8 Å². The molecule has 1 aromatic heterocycles. The molecule has 1 aliphatic rings. The number of tetrazole rings is 1. The zero-order valence-electron chi connectivity index (χ0n) is 16.0. The fourth-order valence-electron chi connectivity index (χ4n) is 2.99. The van der Waals surface area contributed by atoms with Crippen molar-refractivity contribution in [3.63, 3.8) is 0 Å². The third kappa shape index (κ3) is 5.27. The standard InChI is InChI=1S/C18H25N5O3S/c1-18(2)25-14(11-16(24)22(3)4)10-15(26-18)12-27-17-19-20-21-23(17)13-8-6-5-7-9-13/h5-9,14-15H,10-12H2,1-4H3. The summed E-state index contributed by atoms with van der Waals surface area (Å²) in [5.41, 5.74) is 0.910. The number of hydrogen-bond acceptors (Lipinski definition) is 7. The van der Waals surface area contributed by atoms with Crippen LogP contribution in [0.1, 0.15) is 26.7 Å². The van der Waals surface area contributed by atoms with Gasteiger partial charge in [-0.3, -0.25) is 4.79 Å². The zero-order valence-corrected chi connectivity index (χ0v) is 16.8. The summed E-state index contributed by atoms with van der Waals surface area (Å²) in [6.07, 6.45) is 0.782. The number of aromatic nitrogens is 4. The number of thioether (sulfide) groups is 1. The molecule has 2 atom stereocenters. The Labute approximate surface area is 163 Å². The molecule has 3 rings (SSSR count). The summed E-state index contributed by atoms with van der Waals surface area (Å²) >= 11 is 1.53. The van der Waals surface area contributed by atoms with Gasteiger partial charge < -0.3 is 14.4 Å². The minimum absolute atomic E-state index is 0.0529. The van der Waals surface area contributed by atoms with Crippen LogP contribution in [0.15, 0.2) is 35.5 Å². The maximum Gasteiger partial charge on any atom is 0.224 e. The van der Waals surface area contributed by atoms with Gasteiger partial charge in [-0.1, -0.05) is 30.0 Å². The molecule has 8 nitrogen and oxygen atoms in total. The van der Waals surface area contributed by atoms with E-state index in [1.165, 1.54) is 11.8 Å². The molecular formula is C18H25N5O3S. The van der Waals surface area contributed by atoms with E-state index >= 15 is 0 Å². The lowest BCUT2D eigenvalue weighted by molar-refractivity contribution is -0.294. The SMILES string of the molecule is CN(C)C(=O)CC1CC(CSc2nnnn2-c2ccccc2)OC(C)(C)O1. The van der Waals surface area contributed by atoms with Gasteiger partial charge in [0.25, 0.3) is 0 Å². The van der Waals surface area contributed by atoms with Crippen LogP contribution in [0.3, 0.4) is 0 Å². The van der Waals surface area contributed by atoms with Crippen LogP contribution in [-0.4, -0.2) is 68.9 Å². The molecule has 0 aliphatic carbocycles. The maximum atomic E-state index is 12.0. The van der Waals surface area contributed by atoms with Gasteiger partial charge in [0.15, 0.2) is 5.79 Å². The molecule has 2 aromatic rings. The van der Waals surface area contributed by atoms with E-state index in [0.717, 1.165) is 5.69 Å². The van der Waals surface area contributed by atoms with Crippen LogP contribution >= 0.6 is 11.8 Å². The van der Waals surface area contributed by atoms with Gasteiger partial charge >= 0.3 is 0 Å². The average molecular weight is 391 g/mol. The van der Waals surface area contributed by atoms with Crippen LogP contribution in [0, 0.1) is 0 Å². The molecule has 1 aliphatic heterocycles. The largest absolute Gasteiger partial charge is 0.349 e. The van der Waals surface area contributed by atoms with Gasteiger partial charge in [0.1, 0.15) is 0 Å². The van der Waals surface area contributed by atoms with Crippen LogP contribution in [0.2, 0.25) is 0 Å². The highest BCUT2D eigenvalue weighted by Crippen LogP contribution is 2.31. The molecule has 9 heteroatoms. The first kappa shape index (κ1) is 19.8. The number of ether oxygens (including phenoxy) is 2. The molecular weight excluding hydrogens is 366 g/mol. The van der Waals surface area contributed by atoms with Crippen molar-refractivity contribution in [2.45, 2.75) is 49.8 Å². The van der Waals surface area contributed by atoms with Crippen molar-refractivity contribution in [2.24, 2.45) is 0 Å². The second-order valence-electron chi connectivity index (χ2n) is 7.13. The van der Waals surface area contributed by atoms with Gasteiger partial charge in [0, 0.05) is 26.3 Å². The molecule has 0 saturated carbocycles. The zero-order chi connectivity index (χ0) is 19.4. The van der Waals surface area contributed by atoms with Crippen molar-refractivity contribution in [2.75, 3.05) is 19.8 Å². The third-order valence-electron chi connectivity index (χ3n) is 4.17. The Bertz CT molecular complexity index is 765. The van der Waals surface area contributed by atoms with Crippen molar-refractivity contribution < 1.29 is 14.3 Å². The molecule has 0 radical (unpaired) electrons. The smallest absolute Gasteiger partial charge is 0.224 e. The Balaban J connectivity index is 1.64. The molecule has 2 heterocycles. The van der Waals surface area contributed by atoms with Crippen LogP contribution in [0.5, 0.6) is 0 Å². The predicted molar refractivity (Wildman–Crippen MR) is 102 cm³/mol. The van der Waals surface area contributed by atoms with E-state index in [2.05, 4.69) is 15.5 Å². The molecule has 1 amide bonds. The van der Waals surface area contributed by atoms with E-state index < -0.39 is 5.79 Å². The average Bonchev–Trinajstić information content (AvgIpc) is 3.08. The van der Waals surface area contributed by atoms with Gasteiger partial charge in [-0.15, -0.1) is 5.10 Å². The molecule has 1 aromatic carbocycles. The highest BCUT2D eigenvalue weighted by atomic mass is 32.2. The van der Waals surface area contributed by atoms with E-state index in [1.54, 1.807) is 23.7 Å². The fourth-order valence-corrected chi connectivity index (χ4v) is 3.89. The normalized spacial score (nSPS) is 21.8. The molecule has 0 spiro atoms. The number of amides is 1. The number of rotatable bonds is 6. The van der Waals surface area contributed by atoms with Crippen LogP contribution in [-0.2, 0) is 14.3 Å². The van der Waals surface area contributed by atoms with Gasteiger partial charge in [-0.25, -0.2) is 0 Å². The summed E-state index contributed by atoms with van der Waals surface area (Å²) in [5, 5.41) is 12.7. The van der Waals surface area contributed by atoms with E-state index in [9.17, 15) is 4.79 Å². The summed E-state index contributed by atoms with van der Waals surface area (Å²) in [7, 11) is 3.51. The highest BCUT2D eigenvalue weighted by molar-refractivity contribution is 7.99. The molecule has 27 heavy (non-hydrogen) atoms. The Kier molecular flexibility index (Phi) is 6.13. The van der Waals surface area contributed by atoms with Crippen molar-refractivity contribution in [3.05, 3.63) is 30.3 Å². The minimum Gasteiger partial charge on any atom is -0.349 e. The summed E-state index contributed by atoms with van der Waals surface area (Å²) in [6, 6.07) is 9.76. The van der Waals surface area contributed by atoms with Crippen LogP contribution in [0.4, 0.5) is 0 Å². The first-order chi connectivity index (χ1) is 12.8. The van der Waals surface area contributed by atoms with Gasteiger partial charge in [-0.2, -0.15) is 4.68 Å². The lowest BCUT2D eigenvalue weighted by atomic mass is 10.1. The van der Waals surface area contributed by atoms with Crippen molar-refractivity contribution >= 4 is 17.7 Å². The van der Waals surface area contributed by atoms with Crippen LogP contribution < -0.4 is 0 Å². The third-order valence-corrected chi connectivity index (χ3v) is 5.22. The van der Waals surface area contributed by atoms with Crippen molar-refractivity contribution in [3.8, 4) is 5.69 Å². The molecule has 2 unspecified atom stereocenters. The lowest BCUT2D eigenvalue weighted by Gasteiger charge is -2.40. The first-order valence-corrected chi connectivity index (χ1v) is 9.85. The maximum absolute atomic E-state index is 12.0. The first-order valence-electron chi connectivity index (χ1n) is 8.86. The Morgan fingerprint density at radius 1 is 1.26 bits per heavy atom. The van der Waals surface area contributed by atoms with Crippen molar-refractivity contribution in [1.82, 2.24) is 25.1 Å². The predicted octanol–water partition coefficient (Wildman–Crippen LogP) is 2.14. The quantitative estimate of drug-likeness (QED) is 0.698. The van der Waals surface area contributed by atoms with E-state index in [1.807, 2.05) is 44.2 Å². The molecule has 0 bridgehead atoms. The minimum atomic E-state index is -0.730. The number of carbonyl (C=O) groups excluding carboxylic acids is 1. The Hall–Kier alpha value is -1.97. The lowest BCUT2D eigenvalue weighted by Crippen LogP contribution is -2.46. The second-order valence-corrected chi connectivity index (χ2v) is 8.11. The fraction of sp³-hybridized carbons (Fsp3) is 0.556. The highest BCUT2D eigenvalue weighted by Gasteiger charge is 2.36. The number of benzene rings is 1. The number of para-hydroxylation sites is 1. The number of nitrogens with zero attached hydrogens (tertiary/aromatic N) is 5. The molecule has 0 N–H and O–H groups in total. The summed E-state index contributed by atoms with van der Waals surface area (Å²) < 4.78 is 13.7. The van der Waals surface area contributed by atoms with Gasteiger partial charge in [0.2, 0.25) is 11.1 Å². The molecule has 1 saturated heterocycles. The number of carbonyl (C=O) groups is 1. The Morgan fingerprint density at radius 3 is 2.67 bits per heavy atom. The summed E-state index contributed by atoms with van der Waals surface area (Å²) in [5.74, 6) is -0.00391. The molecule has 1 fully saturated rings. The monoisotopic (exact) mass is 391 g/mol. The second kappa shape index (κ2) is 8.37. The van der Waals surface area contributed by atoms with Crippen LogP contribution in [0.25, 0.3) is 5.69 Å². The van der Waals surface area contributed by atoms with E-state index in [4.69, 9.17) is 9.47 Å². The van der Waals surface area contributed by atoms with Gasteiger partial charge in [-0.05, 0) is 36.4 Å². The molecule has 146 valence electrons. The van der Waals surface area contributed by atoms with E-state index in [-0.39, 0.29) is 18.1 Å². The summed E-state index contributed by atoms with van der Waals surface area (Å²) in [6.45, 7) is 3.76. The number of hydrogen-bond donors (Lipinski definition) is 0. The summed E-state index contributed by atoms with van der Waals surface area (Å²) in [4.78, 5) is 13.6. The van der Waals surface area contributed by atoms with Gasteiger partial charge in [0.05, 0.1) is 24.3 Å².